The fraction of sp³-hybridized carbons (Fsp3) is 0.167. The van der Waals surface area contributed by atoms with Crippen molar-refractivity contribution in [1.82, 2.24) is 20.2 Å². The van der Waals surface area contributed by atoms with Gasteiger partial charge in [0.2, 0.25) is 0 Å². The van der Waals surface area contributed by atoms with Crippen LogP contribution in [0.5, 0.6) is 0 Å². The predicted molar refractivity (Wildman–Crippen MR) is 88.0 cm³/mol. The molecule has 0 unspecified atom stereocenters. The van der Waals surface area contributed by atoms with Crippen LogP contribution in [0.2, 0.25) is 0 Å². The van der Waals surface area contributed by atoms with Crippen LogP contribution >= 0.6 is 0 Å². The SMILES string of the molecule is Cc1ccc(-n2nnnc2[C@@H](C#N)C(=O)c2ccc(C(F)(F)F)cc2)cc1. The van der Waals surface area contributed by atoms with Gasteiger partial charge < -0.3 is 0 Å². The number of Topliss-reactive ketones (excluding diaryl/α,β-unsaturated/α-hetero) is 1. The minimum Gasteiger partial charge on any atom is -0.292 e. The van der Waals surface area contributed by atoms with Gasteiger partial charge in [-0.1, -0.05) is 29.8 Å². The van der Waals surface area contributed by atoms with Crippen molar-refractivity contribution >= 4 is 5.78 Å². The molecule has 0 amide bonds. The number of carbonyl (C=O) groups excluding carboxylic acids is 1. The van der Waals surface area contributed by atoms with E-state index in [1.54, 1.807) is 12.1 Å². The van der Waals surface area contributed by atoms with E-state index in [1.165, 1.54) is 4.68 Å². The van der Waals surface area contributed by atoms with E-state index in [0.29, 0.717) is 5.69 Å². The molecule has 27 heavy (non-hydrogen) atoms. The van der Waals surface area contributed by atoms with E-state index < -0.39 is 23.4 Å². The zero-order valence-corrected chi connectivity index (χ0v) is 14.0. The molecule has 0 aliphatic heterocycles. The number of nitrogens with zero attached hydrogens (tertiary/aromatic N) is 5. The molecule has 1 atom stereocenters. The summed E-state index contributed by atoms with van der Waals surface area (Å²) in [6, 6.07) is 12.6. The topological polar surface area (TPSA) is 84.5 Å². The lowest BCUT2D eigenvalue weighted by Crippen LogP contribution is -2.17. The van der Waals surface area contributed by atoms with Gasteiger partial charge >= 0.3 is 6.18 Å². The van der Waals surface area contributed by atoms with Gasteiger partial charge in [0.25, 0.3) is 0 Å². The molecule has 0 N–H and O–H groups in total. The highest BCUT2D eigenvalue weighted by atomic mass is 19.4. The summed E-state index contributed by atoms with van der Waals surface area (Å²) < 4.78 is 39.3. The standard InChI is InChI=1S/C18H12F3N5O/c1-11-2-8-14(9-3-11)26-17(23-24-25-26)15(10-22)16(27)12-4-6-13(7-5-12)18(19,20)21/h2-9,15H,1H3/t15-/m0/s1. The molecule has 0 fully saturated rings. The zero-order valence-electron chi connectivity index (χ0n) is 14.0. The van der Waals surface area contributed by atoms with Crippen LogP contribution in [0.25, 0.3) is 5.69 Å². The second-order valence-electron chi connectivity index (χ2n) is 5.79. The molecular weight excluding hydrogens is 359 g/mol. The number of aromatic nitrogens is 4. The van der Waals surface area contributed by atoms with Crippen LogP contribution in [-0.2, 0) is 6.18 Å². The van der Waals surface area contributed by atoms with Gasteiger partial charge in [-0.25, -0.2) is 0 Å². The van der Waals surface area contributed by atoms with Gasteiger partial charge in [-0.05, 0) is 41.6 Å². The summed E-state index contributed by atoms with van der Waals surface area (Å²) in [6.45, 7) is 1.90. The molecule has 0 saturated heterocycles. The fourth-order valence-electron chi connectivity index (χ4n) is 2.47. The molecule has 0 bridgehead atoms. The number of rotatable bonds is 4. The predicted octanol–water partition coefficient (Wildman–Crippen LogP) is 3.48. The minimum absolute atomic E-state index is 0.00810. The lowest BCUT2D eigenvalue weighted by Gasteiger charge is -2.10. The van der Waals surface area contributed by atoms with Crippen molar-refractivity contribution in [3.8, 4) is 11.8 Å². The Morgan fingerprint density at radius 1 is 1.11 bits per heavy atom. The van der Waals surface area contributed by atoms with Crippen molar-refractivity contribution in [2.75, 3.05) is 0 Å². The van der Waals surface area contributed by atoms with Gasteiger partial charge in [0.05, 0.1) is 17.3 Å². The third-order valence-corrected chi connectivity index (χ3v) is 3.92. The van der Waals surface area contributed by atoms with Gasteiger partial charge in [0.15, 0.2) is 17.5 Å². The summed E-state index contributed by atoms with van der Waals surface area (Å²) in [5, 5.41) is 20.6. The molecule has 3 rings (SSSR count). The molecule has 6 nitrogen and oxygen atoms in total. The van der Waals surface area contributed by atoms with Gasteiger partial charge in [0.1, 0.15) is 0 Å². The molecule has 1 heterocycles. The first-order valence-electron chi connectivity index (χ1n) is 7.77. The largest absolute Gasteiger partial charge is 0.416 e. The maximum Gasteiger partial charge on any atom is 0.416 e. The van der Waals surface area contributed by atoms with Gasteiger partial charge in [-0.2, -0.15) is 23.1 Å². The first-order valence-corrected chi connectivity index (χ1v) is 7.77. The maximum atomic E-state index is 12.7. The van der Waals surface area contributed by atoms with E-state index in [9.17, 15) is 23.2 Å². The number of hydrogen-bond donors (Lipinski definition) is 0. The monoisotopic (exact) mass is 371 g/mol. The Morgan fingerprint density at radius 2 is 1.74 bits per heavy atom. The molecule has 0 saturated carbocycles. The highest BCUT2D eigenvalue weighted by Gasteiger charge is 2.32. The van der Waals surface area contributed by atoms with Crippen molar-refractivity contribution in [2.45, 2.75) is 19.0 Å². The zero-order chi connectivity index (χ0) is 19.6. The second-order valence-corrected chi connectivity index (χ2v) is 5.79. The molecule has 9 heteroatoms. The summed E-state index contributed by atoms with van der Waals surface area (Å²) in [4.78, 5) is 12.7. The van der Waals surface area contributed by atoms with E-state index in [0.717, 1.165) is 29.8 Å². The van der Waals surface area contributed by atoms with Crippen LogP contribution in [0, 0.1) is 18.3 Å². The number of aryl methyl sites for hydroxylation is 1. The number of alkyl halides is 3. The van der Waals surface area contributed by atoms with Crippen molar-refractivity contribution < 1.29 is 18.0 Å². The average Bonchev–Trinajstić information content (AvgIpc) is 3.11. The number of nitriles is 1. The smallest absolute Gasteiger partial charge is 0.292 e. The molecular formula is C18H12F3N5O. The molecule has 0 spiro atoms. The van der Waals surface area contributed by atoms with E-state index in [-0.39, 0.29) is 11.4 Å². The van der Waals surface area contributed by atoms with Crippen LogP contribution in [0.4, 0.5) is 13.2 Å². The van der Waals surface area contributed by atoms with Crippen LogP contribution in [0.15, 0.2) is 48.5 Å². The first-order chi connectivity index (χ1) is 12.8. The quantitative estimate of drug-likeness (QED) is 0.656. The molecule has 0 radical (unpaired) electrons. The number of tetrazole rings is 1. The number of halogens is 3. The maximum absolute atomic E-state index is 12.7. The highest BCUT2D eigenvalue weighted by molar-refractivity contribution is 6.02. The van der Waals surface area contributed by atoms with Gasteiger partial charge in [-0.3, -0.25) is 4.79 Å². The molecule has 0 aliphatic carbocycles. The van der Waals surface area contributed by atoms with Crippen molar-refractivity contribution in [3.05, 3.63) is 71.0 Å². The van der Waals surface area contributed by atoms with Crippen molar-refractivity contribution in [1.29, 1.82) is 5.26 Å². The number of benzene rings is 2. The van der Waals surface area contributed by atoms with Crippen molar-refractivity contribution in [3.63, 3.8) is 0 Å². The van der Waals surface area contributed by atoms with Crippen LogP contribution in [0.3, 0.4) is 0 Å². The van der Waals surface area contributed by atoms with E-state index in [1.807, 2.05) is 25.1 Å². The summed E-state index contributed by atoms with van der Waals surface area (Å²) in [5.41, 5.74) is 0.650. The molecule has 1 aromatic heterocycles. The Bertz CT molecular complexity index is 1000. The van der Waals surface area contributed by atoms with E-state index in [2.05, 4.69) is 15.5 Å². The van der Waals surface area contributed by atoms with Crippen LogP contribution in [-0.4, -0.2) is 26.0 Å². The number of ketones is 1. The third-order valence-electron chi connectivity index (χ3n) is 3.92. The summed E-state index contributed by atoms with van der Waals surface area (Å²) in [6.07, 6.45) is -4.51. The van der Waals surface area contributed by atoms with Gasteiger partial charge in [-0.15, -0.1) is 5.10 Å². The van der Waals surface area contributed by atoms with E-state index >= 15 is 0 Å². The number of hydrogen-bond acceptors (Lipinski definition) is 5. The molecule has 136 valence electrons. The normalized spacial score (nSPS) is 12.4. The Hall–Kier alpha value is -3.54. The Kier molecular flexibility index (Phi) is 4.73. The third kappa shape index (κ3) is 3.69. The Labute approximate surface area is 151 Å². The van der Waals surface area contributed by atoms with Gasteiger partial charge in [0, 0.05) is 5.56 Å². The molecule has 3 aromatic rings. The minimum atomic E-state index is -4.51. The fourth-order valence-corrected chi connectivity index (χ4v) is 2.47. The Morgan fingerprint density at radius 3 is 2.30 bits per heavy atom. The van der Waals surface area contributed by atoms with E-state index in [4.69, 9.17) is 0 Å². The summed E-state index contributed by atoms with van der Waals surface area (Å²) >= 11 is 0. The second kappa shape index (κ2) is 6.99. The lowest BCUT2D eigenvalue weighted by molar-refractivity contribution is -0.137. The summed E-state index contributed by atoms with van der Waals surface area (Å²) in [5.74, 6) is -2.06. The van der Waals surface area contributed by atoms with Crippen molar-refractivity contribution in [2.24, 2.45) is 0 Å². The summed E-state index contributed by atoms with van der Waals surface area (Å²) in [7, 11) is 0. The average molecular weight is 371 g/mol. The van der Waals surface area contributed by atoms with Crippen LogP contribution < -0.4 is 0 Å². The number of carbonyl (C=O) groups is 1. The highest BCUT2D eigenvalue weighted by Crippen LogP contribution is 2.30. The lowest BCUT2D eigenvalue weighted by atomic mass is 9.97. The molecule has 0 aliphatic rings. The first kappa shape index (κ1) is 18.3. The van der Waals surface area contributed by atoms with Crippen LogP contribution in [0.1, 0.15) is 33.2 Å². The Balaban J connectivity index is 1.94. The molecule has 2 aromatic carbocycles.